The van der Waals surface area contributed by atoms with Gasteiger partial charge in [-0.25, -0.2) is 9.48 Å². The number of tetrazole rings is 1. The van der Waals surface area contributed by atoms with Gasteiger partial charge in [-0.1, -0.05) is 6.07 Å². The standard InChI is InChI=1S/C23H28N6O4/c1-15-11-17(29-14-24-25-26-29)3-4-18(15)20(30)12-27-8-5-23(6-9-27)7-10-28(22(23)32)19-13-33-21(31)16(19)2/h3-4,11,14,20,30H,5-10,12-13H2,1-2H3/t20-/m1/s1. The molecule has 0 saturated carbocycles. The number of esters is 1. The van der Waals surface area contributed by atoms with Gasteiger partial charge in [-0.05, 0) is 79.9 Å². The number of carbonyl (C=O) groups is 2. The van der Waals surface area contributed by atoms with Gasteiger partial charge in [0, 0.05) is 13.1 Å². The lowest BCUT2D eigenvalue weighted by atomic mass is 9.77. The predicted octanol–water partition coefficient (Wildman–Crippen LogP) is 1.15. The minimum atomic E-state index is -0.618. The first-order chi connectivity index (χ1) is 15.9. The number of hydrogen-bond donors (Lipinski definition) is 1. The highest BCUT2D eigenvalue weighted by atomic mass is 16.5. The average Bonchev–Trinajstić information content (AvgIpc) is 3.53. The van der Waals surface area contributed by atoms with Gasteiger partial charge in [0.25, 0.3) is 0 Å². The van der Waals surface area contributed by atoms with Crippen molar-refractivity contribution in [2.75, 3.05) is 32.8 Å². The summed E-state index contributed by atoms with van der Waals surface area (Å²) in [7, 11) is 0. The van der Waals surface area contributed by atoms with Gasteiger partial charge < -0.3 is 19.6 Å². The van der Waals surface area contributed by atoms with Crippen LogP contribution in [0.2, 0.25) is 0 Å². The molecule has 0 unspecified atom stereocenters. The van der Waals surface area contributed by atoms with Crippen molar-refractivity contribution in [3.8, 4) is 5.69 Å². The molecule has 1 amide bonds. The molecule has 1 N–H and O–H groups in total. The number of aryl methyl sites for hydroxylation is 1. The number of aromatic nitrogens is 4. The Labute approximate surface area is 191 Å². The van der Waals surface area contributed by atoms with E-state index >= 15 is 0 Å². The second kappa shape index (κ2) is 8.35. The number of carbonyl (C=O) groups excluding carboxylic acids is 2. The molecule has 0 aliphatic carbocycles. The van der Waals surface area contributed by atoms with Crippen LogP contribution in [-0.4, -0.2) is 79.8 Å². The van der Waals surface area contributed by atoms with E-state index in [2.05, 4.69) is 20.4 Å². The van der Waals surface area contributed by atoms with Crippen molar-refractivity contribution in [1.82, 2.24) is 30.0 Å². The van der Waals surface area contributed by atoms with Crippen molar-refractivity contribution in [3.63, 3.8) is 0 Å². The maximum Gasteiger partial charge on any atom is 0.336 e. The molecule has 1 spiro atoms. The van der Waals surface area contributed by atoms with Gasteiger partial charge in [0.1, 0.15) is 12.9 Å². The first kappa shape index (κ1) is 21.7. The molecule has 4 heterocycles. The molecule has 0 bridgehead atoms. The zero-order valence-corrected chi connectivity index (χ0v) is 18.9. The number of piperidine rings is 1. The molecule has 33 heavy (non-hydrogen) atoms. The van der Waals surface area contributed by atoms with Crippen molar-refractivity contribution in [1.29, 1.82) is 0 Å². The Kier molecular flexibility index (Phi) is 5.49. The lowest BCUT2D eigenvalue weighted by Gasteiger charge is -2.38. The van der Waals surface area contributed by atoms with Gasteiger partial charge in [-0.2, -0.15) is 0 Å². The number of amides is 1. The average molecular weight is 453 g/mol. The highest BCUT2D eigenvalue weighted by Crippen LogP contribution is 2.44. The topological polar surface area (TPSA) is 114 Å². The van der Waals surface area contributed by atoms with Gasteiger partial charge >= 0.3 is 5.97 Å². The number of aliphatic hydroxyl groups excluding tert-OH is 1. The van der Waals surface area contributed by atoms with Crippen LogP contribution >= 0.6 is 0 Å². The fourth-order valence-corrected chi connectivity index (χ4v) is 5.25. The summed E-state index contributed by atoms with van der Waals surface area (Å²) in [5.74, 6) is -0.215. The summed E-state index contributed by atoms with van der Waals surface area (Å²) in [6.07, 6.45) is 3.23. The highest BCUT2D eigenvalue weighted by Gasteiger charge is 2.50. The Balaban J connectivity index is 1.21. The van der Waals surface area contributed by atoms with Gasteiger partial charge in [0.2, 0.25) is 5.91 Å². The molecule has 1 atom stereocenters. The van der Waals surface area contributed by atoms with Crippen LogP contribution in [0.25, 0.3) is 5.69 Å². The highest BCUT2D eigenvalue weighted by molar-refractivity contribution is 5.94. The van der Waals surface area contributed by atoms with Crippen molar-refractivity contribution in [2.45, 2.75) is 39.2 Å². The smallest absolute Gasteiger partial charge is 0.336 e. The number of likely N-dealkylation sites (tertiary alicyclic amines) is 2. The van der Waals surface area contributed by atoms with Crippen LogP contribution in [-0.2, 0) is 14.3 Å². The summed E-state index contributed by atoms with van der Waals surface area (Å²) >= 11 is 0. The number of ether oxygens (including phenoxy) is 1. The molecule has 5 rings (SSSR count). The third kappa shape index (κ3) is 3.83. The largest absolute Gasteiger partial charge is 0.456 e. The molecule has 10 heteroatoms. The summed E-state index contributed by atoms with van der Waals surface area (Å²) in [6, 6.07) is 5.77. The summed E-state index contributed by atoms with van der Waals surface area (Å²) in [5.41, 5.74) is 3.59. The van der Waals surface area contributed by atoms with E-state index in [1.807, 2.05) is 25.1 Å². The van der Waals surface area contributed by atoms with E-state index in [9.17, 15) is 14.7 Å². The summed E-state index contributed by atoms with van der Waals surface area (Å²) in [4.78, 5) is 29.0. The molecular formula is C23H28N6O4. The Hall–Kier alpha value is -3.11. The number of rotatable bonds is 5. The van der Waals surface area contributed by atoms with E-state index in [1.54, 1.807) is 16.5 Å². The van der Waals surface area contributed by atoms with Crippen molar-refractivity contribution in [3.05, 3.63) is 46.9 Å². The normalized spacial score (nSPS) is 21.8. The monoisotopic (exact) mass is 452 g/mol. The van der Waals surface area contributed by atoms with Gasteiger partial charge in [-0.3, -0.25) is 4.79 Å². The number of benzene rings is 1. The molecule has 10 nitrogen and oxygen atoms in total. The third-order valence-corrected chi connectivity index (χ3v) is 7.39. The lowest BCUT2D eigenvalue weighted by molar-refractivity contribution is -0.138. The molecule has 2 saturated heterocycles. The second-order valence-electron chi connectivity index (χ2n) is 9.25. The molecule has 2 fully saturated rings. The fourth-order valence-electron chi connectivity index (χ4n) is 5.25. The molecule has 3 aliphatic heterocycles. The van der Waals surface area contributed by atoms with E-state index in [-0.39, 0.29) is 23.9 Å². The van der Waals surface area contributed by atoms with Crippen molar-refractivity contribution >= 4 is 11.9 Å². The van der Waals surface area contributed by atoms with Gasteiger partial charge in [0.05, 0.1) is 28.5 Å². The molecule has 2 aromatic rings. The Bertz CT molecular complexity index is 1100. The summed E-state index contributed by atoms with van der Waals surface area (Å²) in [6.45, 7) is 6.55. The Morgan fingerprint density at radius 2 is 1.91 bits per heavy atom. The summed E-state index contributed by atoms with van der Waals surface area (Å²) in [5, 5.41) is 22.1. The van der Waals surface area contributed by atoms with Crippen LogP contribution in [0.5, 0.6) is 0 Å². The first-order valence-corrected chi connectivity index (χ1v) is 11.3. The minimum absolute atomic E-state index is 0.115. The Morgan fingerprint density at radius 1 is 1.15 bits per heavy atom. The second-order valence-corrected chi connectivity index (χ2v) is 9.25. The van der Waals surface area contributed by atoms with Crippen LogP contribution in [0, 0.1) is 12.3 Å². The number of cyclic esters (lactones) is 1. The lowest BCUT2D eigenvalue weighted by Crippen LogP contribution is -2.45. The molecule has 174 valence electrons. The molecule has 0 radical (unpaired) electrons. The van der Waals surface area contributed by atoms with E-state index in [4.69, 9.17) is 4.74 Å². The van der Waals surface area contributed by atoms with E-state index < -0.39 is 6.10 Å². The SMILES string of the molecule is CC1=C(N2CCC3(CCN(C[C@@H](O)c4ccc(-n5cnnn5)cc4C)CC3)C2=O)COC1=O. The fraction of sp³-hybridized carbons (Fsp3) is 0.522. The quantitative estimate of drug-likeness (QED) is 0.672. The zero-order chi connectivity index (χ0) is 23.2. The number of β-amino-alcohol motifs (C(OH)–C–C–N with tert-alkyl or cyclic N) is 1. The molecular weight excluding hydrogens is 424 g/mol. The van der Waals surface area contributed by atoms with Gasteiger partial charge in [-0.15, -0.1) is 5.10 Å². The maximum absolute atomic E-state index is 13.3. The third-order valence-electron chi connectivity index (χ3n) is 7.39. The first-order valence-electron chi connectivity index (χ1n) is 11.3. The molecule has 1 aromatic heterocycles. The van der Waals surface area contributed by atoms with Gasteiger partial charge in [0.15, 0.2) is 0 Å². The van der Waals surface area contributed by atoms with E-state index in [1.165, 1.54) is 6.33 Å². The zero-order valence-electron chi connectivity index (χ0n) is 18.9. The van der Waals surface area contributed by atoms with Crippen LogP contribution in [0.4, 0.5) is 0 Å². The van der Waals surface area contributed by atoms with Crippen molar-refractivity contribution in [2.24, 2.45) is 5.41 Å². The van der Waals surface area contributed by atoms with Crippen LogP contribution in [0.3, 0.4) is 0 Å². The Morgan fingerprint density at radius 3 is 2.55 bits per heavy atom. The molecule has 1 aromatic carbocycles. The number of nitrogens with zero attached hydrogens (tertiary/aromatic N) is 6. The predicted molar refractivity (Wildman–Crippen MR) is 117 cm³/mol. The number of hydrogen-bond acceptors (Lipinski definition) is 8. The van der Waals surface area contributed by atoms with E-state index in [0.717, 1.165) is 54.9 Å². The minimum Gasteiger partial charge on any atom is -0.456 e. The van der Waals surface area contributed by atoms with Crippen LogP contribution < -0.4 is 0 Å². The summed E-state index contributed by atoms with van der Waals surface area (Å²) < 4.78 is 6.68. The maximum atomic E-state index is 13.3. The van der Waals surface area contributed by atoms with Crippen molar-refractivity contribution < 1.29 is 19.4 Å². The van der Waals surface area contributed by atoms with Crippen LogP contribution in [0.1, 0.15) is 43.4 Å². The van der Waals surface area contributed by atoms with E-state index in [0.29, 0.717) is 18.7 Å². The number of aliphatic hydroxyl groups is 1. The van der Waals surface area contributed by atoms with Crippen LogP contribution in [0.15, 0.2) is 35.8 Å². The molecule has 3 aliphatic rings.